The number of nitrogens with zero attached hydrogens (tertiary/aromatic N) is 2. The number of H-pyrrole nitrogens is 1. The molecular weight excluding hydrogens is 261 g/mol. The molecule has 0 aromatic heterocycles. The van der Waals surface area contributed by atoms with E-state index in [0.29, 0.717) is 11.4 Å². The summed E-state index contributed by atoms with van der Waals surface area (Å²) in [4.78, 5) is 19.0. The van der Waals surface area contributed by atoms with Crippen molar-refractivity contribution in [2.75, 3.05) is 0 Å². The molecule has 1 heterocycles. The third kappa shape index (κ3) is 1.77. The molecule has 0 saturated heterocycles. The van der Waals surface area contributed by atoms with Gasteiger partial charge in [0.2, 0.25) is 0 Å². The van der Waals surface area contributed by atoms with Crippen molar-refractivity contribution in [2.45, 2.75) is 0 Å². The first kappa shape index (κ1) is 13.2. The van der Waals surface area contributed by atoms with Crippen molar-refractivity contribution >= 4 is 57.1 Å². The van der Waals surface area contributed by atoms with Crippen molar-refractivity contribution in [1.29, 1.82) is 0 Å². The average molecular weight is 270 g/mol. The zero-order valence-corrected chi connectivity index (χ0v) is 12.9. The number of hydrogen-bond donors (Lipinski definition) is 1. The molecule has 20 heavy (non-hydrogen) atoms. The molecular formula is C15H9N3NaO. The molecule has 0 atom stereocenters. The van der Waals surface area contributed by atoms with Crippen molar-refractivity contribution in [3.05, 3.63) is 53.4 Å². The van der Waals surface area contributed by atoms with Crippen LogP contribution >= 0.6 is 0 Å². The van der Waals surface area contributed by atoms with Gasteiger partial charge in [0, 0.05) is 40.3 Å². The fraction of sp³-hybridized carbons (Fsp3) is 0. The molecule has 0 fully saturated rings. The number of rotatable bonds is 1. The van der Waals surface area contributed by atoms with Crippen molar-refractivity contribution in [3.8, 4) is 11.4 Å². The van der Waals surface area contributed by atoms with E-state index >= 15 is 0 Å². The fourth-order valence-electron chi connectivity index (χ4n) is 2.54. The van der Waals surface area contributed by atoms with Gasteiger partial charge in [0.15, 0.2) is 0 Å². The molecule has 0 saturated carbocycles. The summed E-state index contributed by atoms with van der Waals surface area (Å²) >= 11 is 0. The zero-order chi connectivity index (χ0) is 12.8. The third-order valence-corrected chi connectivity index (χ3v) is 3.40. The first-order valence-electron chi connectivity index (χ1n) is 6.01. The molecule has 2 aliphatic rings. The maximum Gasteiger partial charge on any atom is 0.141 e. The Morgan fingerprint density at radius 2 is 1.65 bits per heavy atom. The van der Waals surface area contributed by atoms with E-state index in [1.54, 1.807) is 0 Å². The predicted molar refractivity (Wildman–Crippen MR) is 81.4 cm³/mol. The Balaban J connectivity index is 0.00000121. The van der Waals surface area contributed by atoms with Crippen LogP contribution in [0.15, 0.2) is 53.7 Å². The van der Waals surface area contributed by atoms with E-state index in [-0.39, 0.29) is 29.6 Å². The van der Waals surface area contributed by atoms with Crippen molar-refractivity contribution in [3.63, 3.8) is 0 Å². The van der Waals surface area contributed by atoms with Crippen molar-refractivity contribution < 1.29 is 0 Å². The van der Waals surface area contributed by atoms with Gasteiger partial charge < -0.3 is 4.98 Å². The summed E-state index contributed by atoms with van der Waals surface area (Å²) in [6.45, 7) is 0. The third-order valence-electron chi connectivity index (χ3n) is 3.40. The summed E-state index contributed by atoms with van der Waals surface area (Å²) in [5, 5.41) is 4.96. The Morgan fingerprint density at radius 1 is 0.950 bits per heavy atom. The van der Waals surface area contributed by atoms with Gasteiger partial charge >= 0.3 is 0 Å². The molecule has 1 aliphatic carbocycles. The van der Waals surface area contributed by atoms with E-state index in [9.17, 15) is 4.91 Å². The fourth-order valence-corrected chi connectivity index (χ4v) is 2.54. The Bertz CT molecular complexity index is 900. The number of fused-ring (bicyclic) bond motifs is 4. The van der Waals surface area contributed by atoms with Crippen LogP contribution in [0.2, 0.25) is 0 Å². The maximum atomic E-state index is 11.1. The first-order valence-corrected chi connectivity index (χ1v) is 6.01. The Morgan fingerprint density at radius 3 is 2.45 bits per heavy atom. The quantitative estimate of drug-likeness (QED) is 0.422. The monoisotopic (exact) mass is 270 g/mol. The van der Waals surface area contributed by atoms with E-state index in [1.807, 2.05) is 48.5 Å². The van der Waals surface area contributed by atoms with Crippen LogP contribution in [0.25, 0.3) is 33.2 Å². The minimum absolute atomic E-state index is 0. The van der Waals surface area contributed by atoms with Crippen LogP contribution < -0.4 is 0 Å². The van der Waals surface area contributed by atoms with Gasteiger partial charge in [-0.05, 0) is 17.3 Å². The van der Waals surface area contributed by atoms with Gasteiger partial charge in [0.25, 0.3) is 0 Å². The number of para-hydroxylation sites is 2. The summed E-state index contributed by atoms with van der Waals surface area (Å²) in [6, 6.07) is 15.5. The van der Waals surface area contributed by atoms with E-state index in [2.05, 4.69) is 15.1 Å². The van der Waals surface area contributed by atoms with Crippen LogP contribution in [-0.4, -0.2) is 39.5 Å². The molecule has 5 heteroatoms. The van der Waals surface area contributed by atoms with Gasteiger partial charge in [-0.2, -0.15) is 0 Å². The molecule has 0 bridgehead atoms. The SMILES string of the molecule is O=Nc1c2[nH]c3ccccc3nc-2c2ccccc12.[Na]. The van der Waals surface area contributed by atoms with E-state index in [4.69, 9.17) is 0 Å². The van der Waals surface area contributed by atoms with Crippen LogP contribution in [0.5, 0.6) is 0 Å². The summed E-state index contributed by atoms with van der Waals surface area (Å²) in [6.07, 6.45) is 0. The second-order valence-corrected chi connectivity index (χ2v) is 4.46. The van der Waals surface area contributed by atoms with Crippen LogP contribution in [0, 0.1) is 4.91 Å². The normalized spacial score (nSPS) is 10.8. The van der Waals surface area contributed by atoms with Crippen LogP contribution in [0.3, 0.4) is 0 Å². The van der Waals surface area contributed by atoms with Gasteiger partial charge in [-0.3, -0.25) is 0 Å². The number of benzene rings is 2. The van der Waals surface area contributed by atoms with Crippen LogP contribution in [0.1, 0.15) is 0 Å². The second kappa shape index (κ2) is 4.98. The number of nitroso groups, excluding NO2 is 1. The predicted octanol–water partition coefficient (Wildman–Crippen LogP) is 3.84. The summed E-state index contributed by atoms with van der Waals surface area (Å²) in [7, 11) is 0. The minimum Gasteiger partial charge on any atom is -0.350 e. The average Bonchev–Trinajstić information content (AvgIpc) is 2.78. The molecule has 0 unspecified atom stereocenters. The standard InChI is InChI=1S/C15H9N3O.Na/c19-18-14-10-6-2-1-5-9(10)13-15(14)17-12-8-4-3-7-11(12)16-13;/h1-8,17H;. The first-order chi connectivity index (χ1) is 9.38. The molecule has 0 amide bonds. The molecule has 4 nitrogen and oxygen atoms in total. The number of hydrogen-bond acceptors (Lipinski definition) is 3. The zero-order valence-electron chi connectivity index (χ0n) is 10.9. The number of aromatic nitrogens is 2. The molecule has 0 spiro atoms. The Hall–Kier alpha value is -1.75. The number of aromatic amines is 1. The van der Waals surface area contributed by atoms with Gasteiger partial charge in [-0.15, -0.1) is 4.91 Å². The van der Waals surface area contributed by atoms with E-state index in [0.717, 1.165) is 27.5 Å². The molecule has 2 aromatic carbocycles. The molecule has 91 valence electrons. The number of nitrogens with one attached hydrogen (secondary N) is 1. The summed E-state index contributed by atoms with van der Waals surface area (Å²) in [5.74, 6) is 0. The van der Waals surface area contributed by atoms with E-state index in [1.165, 1.54) is 0 Å². The molecule has 2 aromatic rings. The molecule has 4 rings (SSSR count). The van der Waals surface area contributed by atoms with Gasteiger partial charge in [0.1, 0.15) is 5.69 Å². The Labute approximate surface area is 136 Å². The maximum absolute atomic E-state index is 11.1. The van der Waals surface area contributed by atoms with Crippen LogP contribution in [-0.2, 0) is 0 Å². The van der Waals surface area contributed by atoms with Crippen molar-refractivity contribution in [1.82, 2.24) is 9.97 Å². The van der Waals surface area contributed by atoms with Gasteiger partial charge in [0.05, 0.1) is 22.4 Å². The van der Waals surface area contributed by atoms with Gasteiger partial charge in [-0.25, -0.2) is 4.98 Å². The van der Waals surface area contributed by atoms with E-state index < -0.39 is 0 Å². The Kier molecular flexibility index (Phi) is 3.30. The van der Waals surface area contributed by atoms with Crippen molar-refractivity contribution in [2.24, 2.45) is 5.18 Å². The van der Waals surface area contributed by atoms with Crippen LogP contribution in [0.4, 0.5) is 5.69 Å². The van der Waals surface area contributed by atoms with Gasteiger partial charge in [-0.1, -0.05) is 36.4 Å². The summed E-state index contributed by atoms with van der Waals surface area (Å²) < 4.78 is 0. The largest absolute Gasteiger partial charge is 0.350 e. The smallest absolute Gasteiger partial charge is 0.141 e. The topological polar surface area (TPSA) is 58.1 Å². The molecule has 1 radical (unpaired) electrons. The minimum atomic E-state index is 0. The second-order valence-electron chi connectivity index (χ2n) is 4.46. The molecule has 1 N–H and O–H groups in total. The summed E-state index contributed by atoms with van der Waals surface area (Å²) in [5.41, 5.74) is 3.71. The molecule has 1 aliphatic heterocycles.